The maximum absolute atomic E-state index is 12.6. The molecule has 0 spiro atoms. The SMILES string of the molecule is Cn1ncnc1CN1CC2CCCC(C1)N2C(=O)OC(C)(C)C. The number of rotatable bonds is 2. The van der Waals surface area contributed by atoms with Gasteiger partial charge in [-0.05, 0) is 40.0 Å². The molecule has 0 aromatic carbocycles. The lowest BCUT2D eigenvalue weighted by Crippen LogP contribution is -2.62. The molecular weight excluding hydrogens is 294 g/mol. The van der Waals surface area contributed by atoms with Gasteiger partial charge in [-0.25, -0.2) is 9.78 Å². The van der Waals surface area contributed by atoms with Gasteiger partial charge < -0.3 is 4.74 Å². The second-order valence-electron chi connectivity index (χ2n) is 7.62. The highest BCUT2D eigenvalue weighted by atomic mass is 16.6. The molecule has 2 unspecified atom stereocenters. The van der Waals surface area contributed by atoms with Gasteiger partial charge in [-0.3, -0.25) is 14.5 Å². The zero-order chi connectivity index (χ0) is 16.6. The lowest BCUT2D eigenvalue weighted by Gasteiger charge is -2.49. The van der Waals surface area contributed by atoms with E-state index < -0.39 is 5.60 Å². The first kappa shape index (κ1) is 16.2. The summed E-state index contributed by atoms with van der Waals surface area (Å²) in [5.41, 5.74) is -0.443. The Kier molecular flexibility index (Phi) is 4.31. The van der Waals surface area contributed by atoms with Crippen LogP contribution in [0.4, 0.5) is 4.79 Å². The molecule has 1 aromatic heterocycles. The van der Waals surface area contributed by atoms with Crippen LogP contribution in [0.1, 0.15) is 45.9 Å². The van der Waals surface area contributed by atoms with Crippen molar-refractivity contribution in [2.75, 3.05) is 13.1 Å². The highest BCUT2D eigenvalue weighted by Crippen LogP contribution is 2.30. The first-order valence-electron chi connectivity index (χ1n) is 8.40. The number of likely N-dealkylation sites (tertiary alicyclic amines) is 1. The van der Waals surface area contributed by atoms with E-state index in [-0.39, 0.29) is 18.2 Å². The minimum Gasteiger partial charge on any atom is -0.444 e. The van der Waals surface area contributed by atoms with Crippen LogP contribution < -0.4 is 0 Å². The third-order valence-electron chi connectivity index (χ3n) is 4.57. The van der Waals surface area contributed by atoms with Crippen molar-refractivity contribution in [2.45, 2.75) is 64.3 Å². The first-order valence-corrected chi connectivity index (χ1v) is 8.40. The molecule has 3 heterocycles. The maximum atomic E-state index is 12.6. The molecule has 0 saturated carbocycles. The molecule has 2 fully saturated rings. The Morgan fingerprint density at radius 1 is 1.30 bits per heavy atom. The van der Waals surface area contributed by atoms with Crippen molar-refractivity contribution in [3.63, 3.8) is 0 Å². The molecule has 0 aliphatic carbocycles. The summed E-state index contributed by atoms with van der Waals surface area (Å²) >= 11 is 0. The molecule has 7 heteroatoms. The molecule has 0 radical (unpaired) electrons. The molecule has 1 aromatic rings. The quantitative estimate of drug-likeness (QED) is 0.831. The Balaban J connectivity index is 1.68. The first-order chi connectivity index (χ1) is 10.8. The number of piperidine rings is 1. The average Bonchev–Trinajstić information content (AvgIpc) is 2.81. The summed E-state index contributed by atoms with van der Waals surface area (Å²) in [6, 6.07) is 0.483. The van der Waals surface area contributed by atoms with Crippen LogP contribution in [0.15, 0.2) is 6.33 Å². The third kappa shape index (κ3) is 3.65. The number of hydrogen-bond acceptors (Lipinski definition) is 5. The Hall–Kier alpha value is -1.63. The van der Waals surface area contributed by atoms with Crippen molar-refractivity contribution in [1.29, 1.82) is 0 Å². The monoisotopic (exact) mass is 321 g/mol. The van der Waals surface area contributed by atoms with Gasteiger partial charge in [0.05, 0.1) is 6.54 Å². The average molecular weight is 321 g/mol. The molecule has 2 aliphatic heterocycles. The van der Waals surface area contributed by atoms with Gasteiger partial charge >= 0.3 is 6.09 Å². The number of fused-ring (bicyclic) bond motifs is 2. The zero-order valence-corrected chi connectivity index (χ0v) is 14.5. The van der Waals surface area contributed by atoms with Crippen molar-refractivity contribution < 1.29 is 9.53 Å². The Morgan fingerprint density at radius 2 is 1.96 bits per heavy atom. The van der Waals surface area contributed by atoms with Gasteiger partial charge in [0, 0.05) is 32.2 Å². The van der Waals surface area contributed by atoms with Crippen molar-refractivity contribution in [2.24, 2.45) is 7.05 Å². The van der Waals surface area contributed by atoms with E-state index in [1.54, 1.807) is 6.33 Å². The second-order valence-corrected chi connectivity index (χ2v) is 7.62. The smallest absolute Gasteiger partial charge is 0.410 e. The molecule has 2 bridgehead atoms. The van der Waals surface area contributed by atoms with Crippen molar-refractivity contribution in [1.82, 2.24) is 24.6 Å². The van der Waals surface area contributed by atoms with Crippen LogP contribution in [0.25, 0.3) is 0 Å². The standard InChI is InChI=1S/C16H27N5O2/c1-16(2,3)23-15(22)21-12-6-5-7-13(21)9-20(8-12)10-14-17-11-18-19(14)4/h11-13H,5-10H2,1-4H3. The van der Waals surface area contributed by atoms with Crippen LogP contribution >= 0.6 is 0 Å². The summed E-state index contributed by atoms with van der Waals surface area (Å²) in [5.74, 6) is 0.966. The Bertz CT molecular complexity index is 551. The highest BCUT2D eigenvalue weighted by molar-refractivity contribution is 5.69. The van der Waals surface area contributed by atoms with E-state index in [1.165, 1.54) is 6.42 Å². The van der Waals surface area contributed by atoms with Crippen LogP contribution in [-0.2, 0) is 18.3 Å². The molecule has 128 valence electrons. The summed E-state index contributed by atoms with van der Waals surface area (Å²) in [4.78, 5) is 21.3. The van der Waals surface area contributed by atoms with Crippen molar-refractivity contribution in [3.05, 3.63) is 12.2 Å². The molecular formula is C16H27N5O2. The number of ether oxygens (including phenoxy) is 1. The van der Waals surface area contributed by atoms with E-state index in [1.807, 2.05) is 37.4 Å². The molecule has 0 N–H and O–H groups in total. The normalized spacial score (nSPS) is 25.5. The van der Waals surface area contributed by atoms with Crippen molar-refractivity contribution in [3.8, 4) is 0 Å². The van der Waals surface area contributed by atoms with Crippen molar-refractivity contribution >= 4 is 6.09 Å². The molecule has 1 amide bonds. The van der Waals surface area contributed by atoms with E-state index in [0.717, 1.165) is 38.3 Å². The summed E-state index contributed by atoms with van der Waals surface area (Å²) in [6.45, 7) is 8.30. The van der Waals surface area contributed by atoms with Gasteiger partial charge in [-0.1, -0.05) is 0 Å². The number of hydrogen-bond donors (Lipinski definition) is 0. The predicted octanol–water partition coefficient (Wildman–Crippen LogP) is 1.79. The van der Waals surface area contributed by atoms with Gasteiger partial charge in [0.2, 0.25) is 0 Å². The molecule has 7 nitrogen and oxygen atoms in total. The largest absolute Gasteiger partial charge is 0.444 e. The minimum atomic E-state index is -0.443. The highest BCUT2D eigenvalue weighted by Gasteiger charge is 2.41. The van der Waals surface area contributed by atoms with Crippen LogP contribution in [0.3, 0.4) is 0 Å². The molecule has 2 atom stereocenters. The number of nitrogens with zero attached hydrogens (tertiary/aromatic N) is 5. The number of amides is 1. The van der Waals surface area contributed by atoms with Gasteiger partial charge in [0.25, 0.3) is 0 Å². The van der Waals surface area contributed by atoms with E-state index in [0.29, 0.717) is 0 Å². The van der Waals surface area contributed by atoms with E-state index in [2.05, 4.69) is 15.0 Å². The Labute approximate surface area is 137 Å². The Morgan fingerprint density at radius 3 is 2.48 bits per heavy atom. The summed E-state index contributed by atoms with van der Waals surface area (Å²) in [5, 5.41) is 4.13. The van der Waals surface area contributed by atoms with Crippen LogP contribution in [0, 0.1) is 0 Å². The van der Waals surface area contributed by atoms with Gasteiger partial charge in [0.1, 0.15) is 17.8 Å². The summed E-state index contributed by atoms with van der Waals surface area (Å²) < 4.78 is 7.43. The zero-order valence-electron chi connectivity index (χ0n) is 14.5. The van der Waals surface area contributed by atoms with E-state index in [4.69, 9.17) is 4.74 Å². The predicted molar refractivity (Wildman–Crippen MR) is 85.8 cm³/mol. The minimum absolute atomic E-state index is 0.162. The van der Waals surface area contributed by atoms with Crippen LogP contribution in [0.5, 0.6) is 0 Å². The number of piperazine rings is 1. The topological polar surface area (TPSA) is 63.5 Å². The van der Waals surface area contributed by atoms with Crippen LogP contribution in [-0.4, -0.2) is 61.4 Å². The van der Waals surface area contributed by atoms with E-state index >= 15 is 0 Å². The fourth-order valence-corrected chi connectivity index (χ4v) is 3.60. The summed E-state index contributed by atoms with van der Waals surface area (Å²) in [7, 11) is 1.92. The molecule has 23 heavy (non-hydrogen) atoms. The fourth-order valence-electron chi connectivity index (χ4n) is 3.60. The number of carbonyl (C=O) groups excluding carboxylic acids is 1. The van der Waals surface area contributed by atoms with E-state index in [9.17, 15) is 4.79 Å². The third-order valence-corrected chi connectivity index (χ3v) is 4.57. The molecule has 2 saturated heterocycles. The maximum Gasteiger partial charge on any atom is 0.410 e. The number of carbonyl (C=O) groups is 1. The number of aryl methyl sites for hydroxylation is 1. The summed E-state index contributed by atoms with van der Waals surface area (Å²) in [6.07, 6.45) is 4.71. The fraction of sp³-hybridized carbons (Fsp3) is 0.812. The number of aromatic nitrogens is 3. The van der Waals surface area contributed by atoms with Crippen LogP contribution in [0.2, 0.25) is 0 Å². The van der Waals surface area contributed by atoms with Gasteiger partial charge in [0.15, 0.2) is 0 Å². The molecule has 2 aliphatic rings. The lowest BCUT2D eigenvalue weighted by molar-refractivity contribution is -0.0396. The van der Waals surface area contributed by atoms with Gasteiger partial charge in [-0.2, -0.15) is 5.10 Å². The molecule has 3 rings (SSSR count). The lowest BCUT2D eigenvalue weighted by atomic mass is 9.91. The van der Waals surface area contributed by atoms with Gasteiger partial charge in [-0.15, -0.1) is 0 Å². The second kappa shape index (κ2) is 6.11.